The highest BCUT2D eigenvalue weighted by molar-refractivity contribution is 5.95. The Kier molecular flexibility index (Phi) is 4.71. The fraction of sp³-hybridized carbons (Fsp3) is 0.391. The first-order chi connectivity index (χ1) is 13.4. The van der Waals surface area contributed by atoms with Gasteiger partial charge in [0.25, 0.3) is 0 Å². The molecule has 1 aromatic heterocycles. The number of rotatable bonds is 5. The first-order valence-corrected chi connectivity index (χ1v) is 9.91. The van der Waals surface area contributed by atoms with Crippen molar-refractivity contribution in [2.24, 2.45) is 5.41 Å². The Labute approximate surface area is 165 Å². The Morgan fingerprint density at radius 3 is 2.57 bits per heavy atom. The van der Waals surface area contributed by atoms with Crippen molar-refractivity contribution in [2.45, 2.75) is 52.2 Å². The molecule has 1 aliphatic carbocycles. The second-order valence-corrected chi connectivity index (χ2v) is 8.37. The van der Waals surface area contributed by atoms with Gasteiger partial charge >= 0.3 is 0 Å². The van der Waals surface area contributed by atoms with Gasteiger partial charge in [-0.1, -0.05) is 36.4 Å². The second kappa shape index (κ2) is 7.06. The largest absolute Gasteiger partial charge is 0.387 e. The molecular formula is C23H27N3O2. The fourth-order valence-electron chi connectivity index (χ4n) is 3.74. The van der Waals surface area contributed by atoms with Crippen molar-refractivity contribution >= 4 is 22.9 Å². The van der Waals surface area contributed by atoms with Crippen LogP contribution in [-0.4, -0.2) is 20.6 Å². The molecule has 1 aliphatic rings. The standard InChI is InChI=1S/C23H27N3O2/c1-15-12-13-18-19(14-15)26(17-10-7-11-17)22(24-18)25-21(28)23(2,3)20(27)16-8-5-4-6-9-16/h4-6,8-9,12-14,17,20,27H,7,10-11H2,1-3H3,(H,24,25,28). The minimum absolute atomic E-state index is 0.239. The maximum atomic E-state index is 13.1. The molecule has 4 rings (SSSR count). The zero-order valence-corrected chi connectivity index (χ0v) is 16.6. The highest BCUT2D eigenvalue weighted by Crippen LogP contribution is 2.39. The summed E-state index contributed by atoms with van der Waals surface area (Å²) in [4.78, 5) is 17.8. The van der Waals surface area contributed by atoms with Gasteiger partial charge in [-0.3, -0.25) is 10.1 Å². The predicted octanol–water partition coefficient (Wildman–Crippen LogP) is 4.77. The molecule has 1 heterocycles. The van der Waals surface area contributed by atoms with E-state index >= 15 is 0 Å². The Bertz CT molecular complexity index is 1000. The van der Waals surface area contributed by atoms with Crippen molar-refractivity contribution in [1.82, 2.24) is 9.55 Å². The molecular weight excluding hydrogens is 350 g/mol. The molecule has 1 saturated carbocycles. The molecule has 3 aromatic rings. The lowest BCUT2D eigenvalue weighted by molar-refractivity contribution is -0.130. The highest BCUT2D eigenvalue weighted by atomic mass is 16.3. The second-order valence-electron chi connectivity index (χ2n) is 8.37. The van der Waals surface area contributed by atoms with Gasteiger partial charge in [0.05, 0.1) is 22.6 Å². The summed E-state index contributed by atoms with van der Waals surface area (Å²) in [6.07, 6.45) is 2.48. The third-order valence-corrected chi connectivity index (χ3v) is 5.89. The first-order valence-electron chi connectivity index (χ1n) is 9.91. The van der Waals surface area contributed by atoms with Crippen LogP contribution in [0.2, 0.25) is 0 Å². The van der Waals surface area contributed by atoms with Crippen LogP contribution < -0.4 is 5.32 Å². The molecule has 2 N–H and O–H groups in total. The lowest BCUT2D eigenvalue weighted by Gasteiger charge is -2.32. The van der Waals surface area contributed by atoms with E-state index in [1.165, 1.54) is 12.0 Å². The van der Waals surface area contributed by atoms with E-state index in [4.69, 9.17) is 4.98 Å². The average Bonchev–Trinajstić information content (AvgIpc) is 2.97. The maximum absolute atomic E-state index is 13.1. The van der Waals surface area contributed by atoms with E-state index in [9.17, 15) is 9.90 Å². The summed E-state index contributed by atoms with van der Waals surface area (Å²) in [5.74, 6) is 0.333. The van der Waals surface area contributed by atoms with E-state index in [1.807, 2.05) is 42.5 Å². The summed E-state index contributed by atoms with van der Waals surface area (Å²) in [7, 11) is 0. The monoisotopic (exact) mass is 377 g/mol. The van der Waals surface area contributed by atoms with Crippen LogP contribution in [0.5, 0.6) is 0 Å². The molecule has 5 heteroatoms. The number of aryl methyl sites for hydroxylation is 1. The lowest BCUT2D eigenvalue weighted by Crippen LogP contribution is -2.37. The Morgan fingerprint density at radius 1 is 1.21 bits per heavy atom. The maximum Gasteiger partial charge on any atom is 0.235 e. The van der Waals surface area contributed by atoms with E-state index in [2.05, 4.69) is 22.9 Å². The van der Waals surface area contributed by atoms with Gasteiger partial charge in [-0.25, -0.2) is 4.98 Å². The summed E-state index contributed by atoms with van der Waals surface area (Å²) in [5.41, 5.74) is 2.84. The Morgan fingerprint density at radius 2 is 1.93 bits per heavy atom. The third-order valence-electron chi connectivity index (χ3n) is 5.89. The number of fused-ring (bicyclic) bond motifs is 1. The topological polar surface area (TPSA) is 67.2 Å². The van der Waals surface area contributed by atoms with E-state index < -0.39 is 11.5 Å². The van der Waals surface area contributed by atoms with Crippen LogP contribution in [0.25, 0.3) is 11.0 Å². The van der Waals surface area contributed by atoms with Crippen LogP contribution >= 0.6 is 0 Å². The number of aliphatic hydroxyl groups excluding tert-OH is 1. The molecule has 1 fully saturated rings. The van der Waals surface area contributed by atoms with Crippen molar-refractivity contribution in [1.29, 1.82) is 0 Å². The number of nitrogens with zero attached hydrogens (tertiary/aromatic N) is 2. The highest BCUT2D eigenvalue weighted by Gasteiger charge is 2.38. The first kappa shape index (κ1) is 18.7. The van der Waals surface area contributed by atoms with E-state index in [-0.39, 0.29) is 5.91 Å². The number of benzene rings is 2. The smallest absolute Gasteiger partial charge is 0.235 e. The third kappa shape index (κ3) is 3.20. The van der Waals surface area contributed by atoms with Gasteiger partial charge in [-0.2, -0.15) is 0 Å². The van der Waals surface area contributed by atoms with Crippen LogP contribution in [0.4, 0.5) is 5.95 Å². The molecule has 0 saturated heterocycles. The molecule has 1 amide bonds. The van der Waals surface area contributed by atoms with Gasteiger partial charge in [0.15, 0.2) is 0 Å². The van der Waals surface area contributed by atoms with Crippen molar-refractivity contribution in [3.05, 3.63) is 59.7 Å². The number of carbonyl (C=O) groups is 1. The zero-order chi connectivity index (χ0) is 19.9. The van der Waals surface area contributed by atoms with Crippen LogP contribution in [0, 0.1) is 12.3 Å². The molecule has 0 spiro atoms. The number of hydrogen-bond donors (Lipinski definition) is 2. The SMILES string of the molecule is Cc1ccc2nc(NC(=O)C(C)(C)C(O)c3ccccc3)n(C3CCC3)c2c1. The number of imidazole rings is 1. The summed E-state index contributed by atoms with van der Waals surface area (Å²) < 4.78 is 2.16. The molecule has 2 aromatic carbocycles. The van der Waals surface area contributed by atoms with Crippen LogP contribution in [0.1, 0.15) is 56.4 Å². The molecule has 1 unspecified atom stereocenters. The van der Waals surface area contributed by atoms with Gasteiger partial charge in [0, 0.05) is 6.04 Å². The molecule has 1 atom stereocenters. The number of aliphatic hydroxyl groups is 1. The number of nitrogens with one attached hydrogen (secondary N) is 1. The number of hydrogen-bond acceptors (Lipinski definition) is 3. The summed E-state index contributed by atoms with van der Waals surface area (Å²) in [6.45, 7) is 5.59. The summed E-state index contributed by atoms with van der Waals surface area (Å²) in [6, 6.07) is 15.8. The number of aromatic nitrogens is 2. The van der Waals surface area contributed by atoms with Gasteiger partial charge in [0.2, 0.25) is 11.9 Å². The van der Waals surface area contributed by atoms with Gasteiger partial charge in [-0.15, -0.1) is 0 Å². The van der Waals surface area contributed by atoms with Gasteiger partial charge in [0.1, 0.15) is 0 Å². The van der Waals surface area contributed by atoms with E-state index in [0.717, 1.165) is 29.4 Å². The van der Waals surface area contributed by atoms with Crippen molar-refractivity contribution < 1.29 is 9.90 Å². The normalized spacial score (nSPS) is 16.0. The summed E-state index contributed by atoms with van der Waals surface area (Å²) >= 11 is 0. The molecule has 0 aliphatic heterocycles. The van der Waals surface area contributed by atoms with Crippen LogP contribution in [-0.2, 0) is 4.79 Å². The number of anilines is 1. The van der Waals surface area contributed by atoms with E-state index in [0.29, 0.717) is 12.0 Å². The Hall–Kier alpha value is -2.66. The molecule has 146 valence electrons. The average molecular weight is 377 g/mol. The van der Waals surface area contributed by atoms with Crippen LogP contribution in [0.3, 0.4) is 0 Å². The quantitative estimate of drug-likeness (QED) is 0.673. The van der Waals surface area contributed by atoms with Crippen LogP contribution in [0.15, 0.2) is 48.5 Å². The Balaban J connectivity index is 1.66. The molecule has 5 nitrogen and oxygen atoms in total. The lowest BCUT2D eigenvalue weighted by atomic mass is 9.82. The van der Waals surface area contributed by atoms with E-state index in [1.54, 1.807) is 13.8 Å². The van der Waals surface area contributed by atoms with Crippen molar-refractivity contribution in [2.75, 3.05) is 5.32 Å². The molecule has 0 bridgehead atoms. The molecule has 28 heavy (non-hydrogen) atoms. The number of carbonyl (C=O) groups excluding carboxylic acids is 1. The number of amides is 1. The fourth-order valence-corrected chi connectivity index (χ4v) is 3.74. The zero-order valence-electron chi connectivity index (χ0n) is 16.6. The molecule has 0 radical (unpaired) electrons. The van der Waals surface area contributed by atoms with Gasteiger partial charge < -0.3 is 9.67 Å². The minimum atomic E-state index is -1.00. The van der Waals surface area contributed by atoms with Gasteiger partial charge in [-0.05, 0) is 63.3 Å². The predicted molar refractivity (Wildman–Crippen MR) is 111 cm³/mol. The minimum Gasteiger partial charge on any atom is -0.387 e. The van der Waals surface area contributed by atoms with Crippen molar-refractivity contribution in [3.63, 3.8) is 0 Å². The summed E-state index contributed by atoms with van der Waals surface area (Å²) in [5, 5.41) is 13.8. The van der Waals surface area contributed by atoms with Crippen molar-refractivity contribution in [3.8, 4) is 0 Å².